The molecule has 4 N–H and O–H groups in total. The first-order valence-corrected chi connectivity index (χ1v) is 10.5. The minimum Gasteiger partial charge on any atom is -0.393 e. The van der Waals surface area contributed by atoms with Gasteiger partial charge in [-0.05, 0) is 37.0 Å². The van der Waals surface area contributed by atoms with Gasteiger partial charge in [0.15, 0.2) is 5.78 Å². The Bertz CT molecular complexity index is 709. The number of aliphatic hydroxyl groups excluding tert-OH is 3. The number of fused-ring (bicyclic) bond motifs is 2. The number of ketones is 1. The van der Waals surface area contributed by atoms with Crippen LogP contribution < -0.4 is 0 Å². The van der Waals surface area contributed by atoms with Gasteiger partial charge in [-0.2, -0.15) is 0 Å². The maximum absolute atomic E-state index is 13.7. The third-order valence-electron chi connectivity index (χ3n) is 9.32. The Kier molecular flexibility index (Phi) is 3.85. The van der Waals surface area contributed by atoms with E-state index >= 15 is 0 Å². The minimum absolute atomic E-state index is 0.0478. The number of rotatable bonds is 2. The molecule has 2 heterocycles. The molecule has 7 heteroatoms. The van der Waals surface area contributed by atoms with E-state index in [4.69, 9.17) is 9.47 Å². The van der Waals surface area contributed by atoms with Crippen molar-refractivity contribution in [2.45, 2.75) is 63.6 Å². The first-order chi connectivity index (χ1) is 13.1. The molecule has 7 nitrogen and oxygen atoms in total. The number of ether oxygens (including phenoxy) is 2. The van der Waals surface area contributed by atoms with Crippen LogP contribution in [0.5, 0.6) is 0 Å². The van der Waals surface area contributed by atoms with Crippen LogP contribution in [0.1, 0.15) is 39.5 Å². The van der Waals surface area contributed by atoms with Crippen molar-refractivity contribution in [1.29, 1.82) is 0 Å². The summed E-state index contributed by atoms with van der Waals surface area (Å²) in [5, 5.41) is 45.7. The molecule has 0 aromatic carbocycles. The smallest absolute Gasteiger partial charge is 0.205 e. The zero-order chi connectivity index (χ0) is 20.3. The third-order valence-corrected chi connectivity index (χ3v) is 9.32. The SMILES string of the molecule is COC[C@H]1C(=O)[C@]23C[C@H]1C[C@H](O)[C@@H]2C12CO[C@]3(O)[C@@H](O)[C@@H]1C(C)(C)CC[C@@H]2O. The molecule has 6 fully saturated rings. The van der Waals surface area contributed by atoms with Crippen molar-refractivity contribution in [3.63, 3.8) is 0 Å². The van der Waals surface area contributed by atoms with Gasteiger partial charge >= 0.3 is 0 Å². The summed E-state index contributed by atoms with van der Waals surface area (Å²) < 4.78 is 11.2. The predicted molar refractivity (Wildman–Crippen MR) is 96.9 cm³/mol. The molecule has 0 amide bonds. The van der Waals surface area contributed by atoms with Crippen LogP contribution >= 0.6 is 0 Å². The fourth-order valence-corrected chi connectivity index (χ4v) is 8.46. The van der Waals surface area contributed by atoms with Crippen LogP contribution in [0.3, 0.4) is 0 Å². The number of methoxy groups -OCH3 is 1. The lowest BCUT2D eigenvalue weighted by atomic mass is 9.35. The van der Waals surface area contributed by atoms with Gasteiger partial charge in [-0.25, -0.2) is 0 Å². The second-order valence-corrected chi connectivity index (χ2v) is 10.7. The van der Waals surface area contributed by atoms with Gasteiger partial charge in [-0.1, -0.05) is 13.8 Å². The van der Waals surface area contributed by atoms with Crippen LogP contribution in [-0.4, -0.2) is 70.6 Å². The van der Waals surface area contributed by atoms with E-state index in [0.717, 1.165) is 0 Å². The molecule has 28 heavy (non-hydrogen) atoms. The highest BCUT2D eigenvalue weighted by Crippen LogP contribution is 2.76. The molecule has 158 valence electrons. The molecule has 1 unspecified atom stereocenters. The second-order valence-electron chi connectivity index (χ2n) is 10.7. The van der Waals surface area contributed by atoms with E-state index in [2.05, 4.69) is 0 Å². The van der Waals surface area contributed by atoms with E-state index in [1.54, 1.807) is 0 Å². The van der Waals surface area contributed by atoms with Crippen LogP contribution in [0, 0.1) is 39.9 Å². The summed E-state index contributed by atoms with van der Waals surface area (Å²) in [5.74, 6) is -3.88. The molecule has 2 saturated heterocycles. The van der Waals surface area contributed by atoms with Crippen LogP contribution in [-0.2, 0) is 14.3 Å². The van der Waals surface area contributed by atoms with Crippen LogP contribution in [0.2, 0.25) is 0 Å². The summed E-state index contributed by atoms with van der Waals surface area (Å²) in [4.78, 5) is 13.7. The fourth-order valence-electron chi connectivity index (χ4n) is 8.46. The Balaban J connectivity index is 1.75. The summed E-state index contributed by atoms with van der Waals surface area (Å²) in [5.41, 5.74) is -2.71. The number of hydrogen-bond donors (Lipinski definition) is 4. The summed E-state index contributed by atoms with van der Waals surface area (Å²) in [6, 6.07) is 0. The highest BCUT2D eigenvalue weighted by atomic mass is 16.6. The molecule has 4 bridgehead atoms. The van der Waals surface area contributed by atoms with Gasteiger partial charge in [-0.15, -0.1) is 0 Å². The van der Waals surface area contributed by atoms with E-state index in [-0.39, 0.29) is 30.3 Å². The zero-order valence-corrected chi connectivity index (χ0v) is 16.8. The average Bonchev–Trinajstić information content (AvgIpc) is 2.83. The van der Waals surface area contributed by atoms with Crippen molar-refractivity contribution in [1.82, 2.24) is 0 Å². The topological polar surface area (TPSA) is 116 Å². The van der Waals surface area contributed by atoms with E-state index < -0.39 is 52.7 Å². The molecule has 10 atom stereocenters. The average molecular weight is 396 g/mol. The largest absolute Gasteiger partial charge is 0.393 e. The highest BCUT2D eigenvalue weighted by Gasteiger charge is 2.86. The molecule has 2 spiro atoms. The van der Waals surface area contributed by atoms with Crippen molar-refractivity contribution < 1.29 is 34.7 Å². The maximum atomic E-state index is 13.7. The molecule has 2 aliphatic heterocycles. The summed E-state index contributed by atoms with van der Waals surface area (Å²) >= 11 is 0. The number of hydrogen-bond acceptors (Lipinski definition) is 7. The molecular formula is C21H32O7. The molecule has 0 aromatic rings. The second kappa shape index (κ2) is 5.56. The number of carbonyl (C=O) groups is 1. The first-order valence-electron chi connectivity index (χ1n) is 10.5. The van der Waals surface area contributed by atoms with Crippen LogP contribution in [0.4, 0.5) is 0 Å². The minimum atomic E-state index is -2.04. The van der Waals surface area contributed by atoms with Gasteiger partial charge in [0, 0.05) is 30.3 Å². The van der Waals surface area contributed by atoms with Crippen LogP contribution in [0.15, 0.2) is 0 Å². The zero-order valence-electron chi connectivity index (χ0n) is 16.8. The van der Waals surface area contributed by atoms with Gasteiger partial charge in [-0.3, -0.25) is 4.79 Å². The summed E-state index contributed by atoms with van der Waals surface area (Å²) in [6.07, 6.45) is -0.899. The van der Waals surface area contributed by atoms with Crippen molar-refractivity contribution in [2.24, 2.45) is 39.9 Å². The van der Waals surface area contributed by atoms with Crippen molar-refractivity contribution in [3.05, 3.63) is 0 Å². The third kappa shape index (κ3) is 1.82. The maximum Gasteiger partial charge on any atom is 0.205 e. The fraction of sp³-hybridized carbons (Fsp3) is 0.952. The lowest BCUT2D eigenvalue weighted by Gasteiger charge is -2.74. The van der Waals surface area contributed by atoms with Crippen molar-refractivity contribution in [3.8, 4) is 0 Å². The number of aliphatic hydroxyl groups is 4. The van der Waals surface area contributed by atoms with Crippen molar-refractivity contribution >= 4 is 5.78 Å². The molecule has 6 rings (SSSR count). The monoisotopic (exact) mass is 396 g/mol. The quantitative estimate of drug-likeness (QED) is 0.522. The lowest BCUT2D eigenvalue weighted by Crippen LogP contribution is -2.85. The van der Waals surface area contributed by atoms with Gasteiger partial charge in [0.2, 0.25) is 5.79 Å². The Labute approximate surface area is 165 Å². The predicted octanol–water partition coefficient (Wildman–Crippen LogP) is 0.0820. The summed E-state index contributed by atoms with van der Waals surface area (Å²) in [6.45, 7) is 4.34. The first kappa shape index (κ1) is 19.4. The Morgan fingerprint density at radius 3 is 2.61 bits per heavy atom. The lowest BCUT2D eigenvalue weighted by molar-refractivity contribution is -0.455. The van der Waals surface area contributed by atoms with E-state index in [1.807, 2.05) is 13.8 Å². The number of carbonyl (C=O) groups excluding carboxylic acids is 1. The number of Topliss-reactive ketones (excluding diaryl/α,β-unsaturated/α-hetero) is 1. The molecule has 4 saturated carbocycles. The summed E-state index contributed by atoms with van der Waals surface area (Å²) in [7, 11) is 1.54. The van der Waals surface area contributed by atoms with Gasteiger partial charge < -0.3 is 29.9 Å². The van der Waals surface area contributed by atoms with E-state index in [9.17, 15) is 25.2 Å². The molecule has 0 radical (unpaired) electrons. The molecular weight excluding hydrogens is 364 g/mol. The molecule has 4 aliphatic carbocycles. The van der Waals surface area contributed by atoms with Gasteiger partial charge in [0.1, 0.15) is 6.10 Å². The standard InChI is InChI=1S/C21H32O7/c1-18(2)5-4-13(23)19-9-28-21(26,17(25)15(18)19)20-7-10(6-12(22)14(19)20)11(8-27-3)16(20)24/h10-15,17,22-23,25-26H,4-9H2,1-3H3/t10-,11-,12+,13+,14-,15-,17+,19?,20+,21-/m1/s1. The van der Waals surface area contributed by atoms with Gasteiger partial charge in [0.05, 0.1) is 30.8 Å². The Morgan fingerprint density at radius 2 is 1.93 bits per heavy atom. The highest BCUT2D eigenvalue weighted by molar-refractivity contribution is 5.92. The molecule has 0 aromatic heterocycles. The van der Waals surface area contributed by atoms with E-state index in [1.165, 1.54) is 7.11 Å². The van der Waals surface area contributed by atoms with Crippen LogP contribution in [0.25, 0.3) is 0 Å². The Morgan fingerprint density at radius 1 is 1.21 bits per heavy atom. The van der Waals surface area contributed by atoms with Crippen molar-refractivity contribution in [2.75, 3.05) is 20.3 Å². The normalized spacial score (nSPS) is 59.1. The van der Waals surface area contributed by atoms with Gasteiger partial charge in [0.25, 0.3) is 0 Å². The van der Waals surface area contributed by atoms with E-state index in [0.29, 0.717) is 25.7 Å². The molecule has 6 aliphatic rings. The Hall–Kier alpha value is -0.570.